The minimum absolute atomic E-state index is 0.247. The molecule has 0 atom stereocenters. The topological polar surface area (TPSA) is 60.2 Å². The Morgan fingerprint density at radius 3 is 2.88 bits per heavy atom. The van der Waals surface area contributed by atoms with Gasteiger partial charge in [0, 0.05) is 25.4 Å². The Morgan fingerprint density at radius 1 is 1.62 bits per heavy atom. The second-order valence-corrected chi connectivity index (χ2v) is 4.54. The van der Waals surface area contributed by atoms with Crippen molar-refractivity contribution in [2.45, 2.75) is 19.4 Å². The van der Waals surface area contributed by atoms with Crippen molar-refractivity contribution in [3.8, 4) is 0 Å². The molecule has 0 saturated heterocycles. The second kappa shape index (κ2) is 5.23. The molecule has 1 rings (SSSR count). The van der Waals surface area contributed by atoms with Crippen LogP contribution >= 0.6 is 12.2 Å². The molecule has 0 aliphatic heterocycles. The molecule has 3 N–H and O–H groups in total. The number of ether oxygens (including phenoxy) is 1. The van der Waals surface area contributed by atoms with E-state index in [1.165, 1.54) is 0 Å². The standard InChI is InChI=1S/C11H17N3OS/c1-11(2,15-3)7-14-9-6-13-5-4-8(9)10(12)16/h4-6,14H,7H2,1-3H3,(H2,12,16). The Bertz CT molecular complexity index is 379. The SMILES string of the molecule is COC(C)(C)CNc1cnccc1C(N)=S. The number of pyridine rings is 1. The van der Waals surface area contributed by atoms with Gasteiger partial charge in [0.15, 0.2) is 0 Å². The van der Waals surface area contributed by atoms with Gasteiger partial charge in [0.25, 0.3) is 0 Å². The van der Waals surface area contributed by atoms with E-state index in [1.807, 2.05) is 13.8 Å². The summed E-state index contributed by atoms with van der Waals surface area (Å²) in [5.41, 5.74) is 7.01. The molecule has 0 bridgehead atoms. The van der Waals surface area contributed by atoms with Crippen LogP contribution in [-0.2, 0) is 4.74 Å². The Morgan fingerprint density at radius 2 is 2.31 bits per heavy atom. The van der Waals surface area contributed by atoms with Gasteiger partial charge in [0.1, 0.15) is 4.99 Å². The summed E-state index contributed by atoms with van der Waals surface area (Å²) in [5.74, 6) is 0. The van der Waals surface area contributed by atoms with Gasteiger partial charge in [-0.3, -0.25) is 4.98 Å². The predicted octanol–water partition coefficient (Wildman–Crippen LogP) is 1.55. The first-order chi connectivity index (χ1) is 7.46. The Labute approximate surface area is 101 Å². The summed E-state index contributed by atoms with van der Waals surface area (Å²) >= 11 is 4.96. The van der Waals surface area contributed by atoms with Crippen molar-refractivity contribution < 1.29 is 4.74 Å². The molecule has 88 valence electrons. The Balaban J connectivity index is 2.78. The van der Waals surface area contributed by atoms with E-state index < -0.39 is 0 Å². The number of aromatic nitrogens is 1. The van der Waals surface area contributed by atoms with Gasteiger partial charge in [-0.15, -0.1) is 0 Å². The van der Waals surface area contributed by atoms with Crippen molar-refractivity contribution >= 4 is 22.9 Å². The fourth-order valence-electron chi connectivity index (χ4n) is 1.13. The summed E-state index contributed by atoms with van der Waals surface area (Å²) in [5, 5.41) is 3.23. The van der Waals surface area contributed by atoms with Crippen LogP contribution in [0.4, 0.5) is 5.69 Å². The molecule has 1 aromatic rings. The molecule has 16 heavy (non-hydrogen) atoms. The molecule has 0 amide bonds. The zero-order valence-electron chi connectivity index (χ0n) is 9.78. The van der Waals surface area contributed by atoms with Crippen LogP contribution in [0.3, 0.4) is 0 Å². The van der Waals surface area contributed by atoms with Crippen molar-refractivity contribution in [1.82, 2.24) is 4.98 Å². The van der Waals surface area contributed by atoms with E-state index in [0.717, 1.165) is 11.3 Å². The van der Waals surface area contributed by atoms with Gasteiger partial charge in [-0.1, -0.05) is 12.2 Å². The number of hydrogen-bond acceptors (Lipinski definition) is 4. The van der Waals surface area contributed by atoms with E-state index in [4.69, 9.17) is 22.7 Å². The summed E-state index contributed by atoms with van der Waals surface area (Å²) in [6.45, 7) is 4.65. The molecule has 0 aromatic carbocycles. The first kappa shape index (κ1) is 12.9. The molecule has 0 saturated carbocycles. The first-order valence-electron chi connectivity index (χ1n) is 4.99. The lowest BCUT2D eigenvalue weighted by Crippen LogP contribution is -2.32. The highest BCUT2D eigenvalue weighted by Crippen LogP contribution is 2.15. The highest BCUT2D eigenvalue weighted by Gasteiger charge is 2.16. The number of rotatable bonds is 5. The lowest BCUT2D eigenvalue weighted by molar-refractivity contribution is 0.0344. The van der Waals surface area contributed by atoms with E-state index in [-0.39, 0.29) is 5.60 Å². The number of nitrogens with one attached hydrogen (secondary N) is 1. The third-order valence-electron chi connectivity index (χ3n) is 2.34. The number of methoxy groups -OCH3 is 1. The van der Waals surface area contributed by atoms with Gasteiger partial charge in [-0.05, 0) is 19.9 Å². The molecule has 4 nitrogen and oxygen atoms in total. The summed E-state index contributed by atoms with van der Waals surface area (Å²) in [7, 11) is 1.68. The van der Waals surface area contributed by atoms with Gasteiger partial charge < -0.3 is 15.8 Å². The molecule has 0 fully saturated rings. The predicted molar refractivity (Wildman–Crippen MR) is 69.7 cm³/mol. The molecule has 5 heteroatoms. The van der Waals surface area contributed by atoms with Gasteiger partial charge in [-0.2, -0.15) is 0 Å². The Hall–Kier alpha value is -1.20. The van der Waals surface area contributed by atoms with E-state index in [1.54, 1.807) is 25.6 Å². The van der Waals surface area contributed by atoms with E-state index in [2.05, 4.69) is 10.3 Å². The van der Waals surface area contributed by atoms with Crippen LogP contribution in [0.15, 0.2) is 18.5 Å². The first-order valence-corrected chi connectivity index (χ1v) is 5.40. The van der Waals surface area contributed by atoms with Crippen LogP contribution in [0.2, 0.25) is 0 Å². The fraction of sp³-hybridized carbons (Fsp3) is 0.455. The quantitative estimate of drug-likeness (QED) is 0.763. The minimum atomic E-state index is -0.247. The molecule has 0 radical (unpaired) electrons. The normalized spacial score (nSPS) is 11.2. The maximum Gasteiger partial charge on any atom is 0.106 e. The van der Waals surface area contributed by atoms with Crippen LogP contribution in [0.5, 0.6) is 0 Å². The van der Waals surface area contributed by atoms with Crippen LogP contribution in [0.25, 0.3) is 0 Å². The fourth-order valence-corrected chi connectivity index (χ4v) is 1.31. The van der Waals surface area contributed by atoms with Gasteiger partial charge in [0.2, 0.25) is 0 Å². The summed E-state index contributed by atoms with van der Waals surface area (Å²) in [4.78, 5) is 4.40. The maximum absolute atomic E-state index is 5.62. The summed E-state index contributed by atoms with van der Waals surface area (Å²) in [6, 6.07) is 1.80. The van der Waals surface area contributed by atoms with Crippen LogP contribution in [-0.4, -0.2) is 29.2 Å². The van der Waals surface area contributed by atoms with Crippen molar-refractivity contribution in [2.75, 3.05) is 19.0 Å². The van der Waals surface area contributed by atoms with Crippen LogP contribution in [0.1, 0.15) is 19.4 Å². The highest BCUT2D eigenvalue weighted by molar-refractivity contribution is 7.80. The smallest absolute Gasteiger partial charge is 0.106 e. The lowest BCUT2D eigenvalue weighted by atomic mass is 10.1. The van der Waals surface area contributed by atoms with Gasteiger partial charge >= 0.3 is 0 Å². The molecule has 0 aliphatic rings. The molecule has 0 unspecified atom stereocenters. The molecule has 0 aliphatic carbocycles. The lowest BCUT2D eigenvalue weighted by Gasteiger charge is -2.24. The van der Waals surface area contributed by atoms with Crippen LogP contribution < -0.4 is 11.1 Å². The van der Waals surface area contributed by atoms with Crippen molar-refractivity contribution in [3.63, 3.8) is 0 Å². The summed E-state index contributed by atoms with van der Waals surface area (Å²) < 4.78 is 5.31. The zero-order valence-corrected chi connectivity index (χ0v) is 10.6. The minimum Gasteiger partial charge on any atom is -0.389 e. The van der Waals surface area contributed by atoms with Crippen LogP contribution in [0, 0.1) is 0 Å². The van der Waals surface area contributed by atoms with Crippen molar-refractivity contribution in [3.05, 3.63) is 24.0 Å². The molecule has 1 aromatic heterocycles. The third kappa shape index (κ3) is 3.43. The van der Waals surface area contributed by atoms with Gasteiger partial charge in [0.05, 0.1) is 17.5 Å². The van der Waals surface area contributed by atoms with Crippen molar-refractivity contribution in [1.29, 1.82) is 0 Å². The molecule has 1 heterocycles. The van der Waals surface area contributed by atoms with Crippen molar-refractivity contribution in [2.24, 2.45) is 5.73 Å². The average molecular weight is 239 g/mol. The number of thiocarbonyl (C=S) groups is 1. The number of anilines is 1. The second-order valence-electron chi connectivity index (χ2n) is 4.10. The maximum atomic E-state index is 5.62. The molecule has 0 spiro atoms. The third-order valence-corrected chi connectivity index (χ3v) is 2.56. The zero-order chi connectivity index (χ0) is 12.2. The molecular weight excluding hydrogens is 222 g/mol. The number of hydrogen-bond donors (Lipinski definition) is 2. The number of nitrogens with two attached hydrogens (primary N) is 1. The van der Waals surface area contributed by atoms with E-state index in [0.29, 0.717) is 11.5 Å². The monoisotopic (exact) mass is 239 g/mol. The number of nitrogens with zero attached hydrogens (tertiary/aromatic N) is 1. The highest BCUT2D eigenvalue weighted by atomic mass is 32.1. The van der Waals surface area contributed by atoms with E-state index >= 15 is 0 Å². The molecular formula is C11H17N3OS. The largest absolute Gasteiger partial charge is 0.389 e. The average Bonchev–Trinajstić information content (AvgIpc) is 2.27. The Kier molecular flexibility index (Phi) is 4.20. The van der Waals surface area contributed by atoms with Gasteiger partial charge in [-0.25, -0.2) is 0 Å². The summed E-state index contributed by atoms with van der Waals surface area (Å²) in [6.07, 6.45) is 3.38. The van der Waals surface area contributed by atoms with E-state index in [9.17, 15) is 0 Å².